The fourth-order valence-corrected chi connectivity index (χ4v) is 2.22. The van der Waals surface area contributed by atoms with Crippen LogP contribution in [0.1, 0.15) is 5.56 Å². The molecular formula is C10H9FN2OS. The van der Waals surface area contributed by atoms with Crippen molar-refractivity contribution in [1.29, 1.82) is 0 Å². The Labute approximate surface area is 89.9 Å². The maximum atomic E-state index is 12.0. The molecule has 0 fully saturated rings. The molecule has 1 heterocycles. The van der Waals surface area contributed by atoms with Gasteiger partial charge in [0.1, 0.15) is 0 Å². The number of halogens is 1. The topological polar surface area (TPSA) is 42.0 Å². The Kier molecular flexibility index (Phi) is 2.64. The van der Waals surface area contributed by atoms with Gasteiger partial charge in [-0.05, 0) is 24.6 Å². The molecule has 15 heavy (non-hydrogen) atoms. The molecule has 2 rings (SSSR count). The van der Waals surface area contributed by atoms with Crippen LogP contribution in [-0.2, 0) is 4.79 Å². The van der Waals surface area contributed by atoms with Gasteiger partial charge in [-0.1, -0.05) is 17.4 Å². The minimum absolute atomic E-state index is 0.443. The van der Waals surface area contributed by atoms with E-state index >= 15 is 0 Å². The highest BCUT2D eigenvalue weighted by Gasteiger charge is 2.06. The maximum absolute atomic E-state index is 12.0. The highest BCUT2D eigenvalue weighted by molar-refractivity contribution is 7.22. The number of anilines is 1. The molecule has 1 N–H and O–H groups in total. The third kappa shape index (κ3) is 2.12. The second-order valence-electron chi connectivity index (χ2n) is 3.17. The summed E-state index contributed by atoms with van der Waals surface area (Å²) in [6, 6.07) is 5.81. The summed E-state index contributed by atoms with van der Waals surface area (Å²) in [4.78, 5) is 15.0. The van der Waals surface area contributed by atoms with Crippen molar-refractivity contribution in [1.82, 2.24) is 4.98 Å². The number of amides is 1. The summed E-state index contributed by atoms with van der Waals surface area (Å²) in [5.74, 6) is -0.661. The zero-order valence-electron chi connectivity index (χ0n) is 8.08. The van der Waals surface area contributed by atoms with Gasteiger partial charge in [-0.15, -0.1) is 0 Å². The summed E-state index contributed by atoms with van der Waals surface area (Å²) in [5.41, 5.74) is 1.95. The molecule has 0 spiro atoms. The standard InChI is InChI=1S/C10H9FN2OS/c1-6-2-3-7-8(4-6)15-10(12-7)13-9(14)5-11/h2-4H,5H2,1H3,(H,12,13,14). The first-order valence-electron chi connectivity index (χ1n) is 4.42. The lowest BCUT2D eigenvalue weighted by atomic mass is 10.2. The smallest absolute Gasteiger partial charge is 0.257 e. The first kappa shape index (κ1) is 10.0. The highest BCUT2D eigenvalue weighted by Crippen LogP contribution is 2.26. The number of fused-ring (bicyclic) bond motifs is 1. The predicted octanol–water partition coefficient (Wildman–Crippen LogP) is 2.51. The number of thiazole rings is 1. The van der Waals surface area contributed by atoms with E-state index in [1.54, 1.807) is 0 Å². The van der Waals surface area contributed by atoms with Crippen LogP contribution in [-0.4, -0.2) is 17.6 Å². The number of hydrogen-bond donors (Lipinski definition) is 1. The number of alkyl halides is 1. The van der Waals surface area contributed by atoms with Crippen molar-refractivity contribution in [2.45, 2.75) is 6.92 Å². The number of rotatable bonds is 2. The zero-order valence-corrected chi connectivity index (χ0v) is 8.90. The molecule has 0 saturated carbocycles. The second-order valence-corrected chi connectivity index (χ2v) is 4.20. The summed E-state index contributed by atoms with van der Waals surface area (Å²) in [6.45, 7) is 0.966. The van der Waals surface area contributed by atoms with Gasteiger partial charge in [-0.25, -0.2) is 9.37 Å². The fourth-order valence-electron chi connectivity index (χ4n) is 1.24. The SMILES string of the molecule is Cc1ccc2nc(NC(=O)CF)sc2c1. The molecular weight excluding hydrogens is 215 g/mol. The van der Waals surface area contributed by atoms with Crippen LogP contribution < -0.4 is 5.32 Å². The summed E-state index contributed by atoms with van der Waals surface area (Å²) >= 11 is 1.35. The number of aryl methyl sites for hydroxylation is 1. The van der Waals surface area contributed by atoms with E-state index in [1.165, 1.54) is 11.3 Å². The fraction of sp³-hybridized carbons (Fsp3) is 0.200. The molecule has 0 aliphatic carbocycles. The first-order valence-corrected chi connectivity index (χ1v) is 5.23. The van der Waals surface area contributed by atoms with Crippen molar-refractivity contribution in [3.05, 3.63) is 23.8 Å². The van der Waals surface area contributed by atoms with E-state index < -0.39 is 12.6 Å². The molecule has 0 bridgehead atoms. The Morgan fingerprint density at radius 2 is 2.40 bits per heavy atom. The minimum atomic E-state index is -1.02. The van der Waals surface area contributed by atoms with Gasteiger partial charge in [0, 0.05) is 0 Å². The molecule has 5 heteroatoms. The van der Waals surface area contributed by atoms with Crippen molar-refractivity contribution in [3.63, 3.8) is 0 Å². The molecule has 0 aliphatic rings. The number of benzene rings is 1. The van der Waals surface area contributed by atoms with Gasteiger partial charge in [0.05, 0.1) is 10.2 Å². The minimum Gasteiger partial charge on any atom is -0.300 e. The van der Waals surface area contributed by atoms with Crippen LogP contribution in [0.2, 0.25) is 0 Å². The molecule has 1 amide bonds. The Morgan fingerprint density at radius 3 is 3.13 bits per heavy atom. The van der Waals surface area contributed by atoms with Crippen LogP contribution in [0.5, 0.6) is 0 Å². The van der Waals surface area contributed by atoms with Crippen LogP contribution >= 0.6 is 11.3 Å². The van der Waals surface area contributed by atoms with Crippen molar-refractivity contribution in [3.8, 4) is 0 Å². The van der Waals surface area contributed by atoms with Crippen molar-refractivity contribution >= 4 is 32.6 Å². The predicted molar refractivity (Wildman–Crippen MR) is 59.0 cm³/mol. The van der Waals surface area contributed by atoms with Crippen LogP contribution in [0.3, 0.4) is 0 Å². The first-order chi connectivity index (χ1) is 7.19. The van der Waals surface area contributed by atoms with Gasteiger partial charge in [0.25, 0.3) is 5.91 Å². The summed E-state index contributed by atoms with van der Waals surface area (Å²) < 4.78 is 12.9. The number of hydrogen-bond acceptors (Lipinski definition) is 3. The highest BCUT2D eigenvalue weighted by atomic mass is 32.1. The Bertz CT molecular complexity index is 509. The molecule has 1 aromatic carbocycles. The van der Waals surface area contributed by atoms with Crippen LogP contribution in [0.4, 0.5) is 9.52 Å². The largest absolute Gasteiger partial charge is 0.300 e. The Hall–Kier alpha value is -1.49. The van der Waals surface area contributed by atoms with E-state index in [0.29, 0.717) is 5.13 Å². The quantitative estimate of drug-likeness (QED) is 0.851. The van der Waals surface area contributed by atoms with Crippen molar-refractivity contribution in [2.75, 3.05) is 12.0 Å². The van der Waals surface area contributed by atoms with Crippen LogP contribution in [0.25, 0.3) is 10.2 Å². The monoisotopic (exact) mass is 224 g/mol. The molecule has 0 radical (unpaired) electrons. The van der Waals surface area contributed by atoms with E-state index in [-0.39, 0.29) is 0 Å². The summed E-state index contributed by atoms with van der Waals surface area (Å²) in [5, 5.41) is 2.84. The molecule has 2 aromatic rings. The zero-order chi connectivity index (χ0) is 10.8. The Morgan fingerprint density at radius 1 is 1.60 bits per heavy atom. The molecule has 78 valence electrons. The normalized spacial score (nSPS) is 10.5. The van der Waals surface area contributed by atoms with Gasteiger partial charge in [-0.3, -0.25) is 10.1 Å². The van der Waals surface area contributed by atoms with E-state index in [0.717, 1.165) is 15.8 Å². The molecule has 3 nitrogen and oxygen atoms in total. The number of nitrogens with zero attached hydrogens (tertiary/aromatic N) is 1. The third-order valence-electron chi connectivity index (χ3n) is 1.91. The molecule has 0 unspecified atom stereocenters. The van der Waals surface area contributed by atoms with Gasteiger partial charge in [-0.2, -0.15) is 0 Å². The lowest BCUT2D eigenvalue weighted by Gasteiger charge is -1.93. The summed E-state index contributed by atoms with van der Waals surface area (Å²) in [6.07, 6.45) is 0. The number of aromatic nitrogens is 1. The average Bonchev–Trinajstić information content (AvgIpc) is 2.59. The second kappa shape index (κ2) is 3.94. The third-order valence-corrected chi connectivity index (χ3v) is 2.85. The van der Waals surface area contributed by atoms with Crippen molar-refractivity contribution < 1.29 is 9.18 Å². The molecule has 0 saturated heterocycles. The molecule has 0 aliphatic heterocycles. The lowest BCUT2D eigenvalue weighted by Crippen LogP contribution is -2.12. The van der Waals surface area contributed by atoms with Gasteiger partial charge < -0.3 is 0 Å². The van der Waals surface area contributed by atoms with Crippen molar-refractivity contribution in [2.24, 2.45) is 0 Å². The van der Waals surface area contributed by atoms with E-state index in [9.17, 15) is 9.18 Å². The van der Waals surface area contributed by atoms with Gasteiger partial charge >= 0.3 is 0 Å². The van der Waals surface area contributed by atoms with E-state index in [4.69, 9.17) is 0 Å². The number of carbonyl (C=O) groups excluding carboxylic acids is 1. The lowest BCUT2D eigenvalue weighted by molar-refractivity contribution is -0.117. The van der Waals surface area contributed by atoms with Crippen LogP contribution in [0, 0.1) is 6.92 Å². The van der Waals surface area contributed by atoms with Gasteiger partial charge in [0.2, 0.25) is 0 Å². The van der Waals surface area contributed by atoms with Gasteiger partial charge in [0.15, 0.2) is 11.8 Å². The number of nitrogens with one attached hydrogen (secondary N) is 1. The number of carbonyl (C=O) groups is 1. The van der Waals surface area contributed by atoms with Crippen LogP contribution in [0.15, 0.2) is 18.2 Å². The maximum Gasteiger partial charge on any atom is 0.257 e. The average molecular weight is 224 g/mol. The van der Waals surface area contributed by atoms with E-state index in [1.807, 2.05) is 25.1 Å². The van der Waals surface area contributed by atoms with E-state index in [2.05, 4.69) is 10.3 Å². The molecule has 0 atom stereocenters. The molecule has 1 aromatic heterocycles. The summed E-state index contributed by atoms with van der Waals surface area (Å²) in [7, 11) is 0. The Balaban J connectivity index is 2.34.